The predicted molar refractivity (Wildman–Crippen MR) is 148 cm³/mol. The quantitative estimate of drug-likeness (QED) is 0.496. The molecule has 2 aliphatic heterocycles. The van der Waals surface area contributed by atoms with Crippen molar-refractivity contribution in [2.24, 2.45) is 17.6 Å². The number of piperazine rings is 1. The van der Waals surface area contributed by atoms with Gasteiger partial charge in [0, 0.05) is 19.0 Å². The highest BCUT2D eigenvalue weighted by Gasteiger charge is 2.52. The molecule has 0 unspecified atom stereocenters. The van der Waals surface area contributed by atoms with Crippen LogP contribution in [0.5, 0.6) is 0 Å². The lowest BCUT2D eigenvalue weighted by molar-refractivity contribution is -0.274. The SMILES string of the molecule is CC(C)C[C@H]1ON(C(=O)/C=C/c2ccc3ccccc3c2)[C@H]2CN(CCC(N)=O)C(=O)[C@H](CC(C)C)N2C1=O. The molecule has 0 aromatic heterocycles. The summed E-state index contributed by atoms with van der Waals surface area (Å²) in [5.74, 6) is -1.22. The van der Waals surface area contributed by atoms with E-state index in [1.165, 1.54) is 16.0 Å². The molecule has 4 amide bonds. The van der Waals surface area contributed by atoms with Crippen molar-refractivity contribution < 1.29 is 24.0 Å². The van der Waals surface area contributed by atoms with Gasteiger partial charge in [0.15, 0.2) is 12.3 Å². The molecule has 2 aromatic carbocycles. The van der Waals surface area contributed by atoms with Gasteiger partial charge in [-0.1, -0.05) is 64.1 Å². The number of nitrogens with two attached hydrogens (primary N) is 1. The van der Waals surface area contributed by atoms with Gasteiger partial charge in [-0.2, -0.15) is 5.06 Å². The van der Waals surface area contributed by atoms with E-state index in [2.05, 4.69) is 0 Å². The first kappa shape index (κ1) is 28.3. The number of hydroxylamine groups is 2. The van der Waals surface area contributed by atoms with Crippen LogP contribution < -0.4 is 5.73 Å². The van der Waals surface area contributed by atoms with Crippen LogP contribution in [-0.2, 0) is 24.0 Å². The van der Waals surface area contributed by atoms with Gasteiger partial charge in [0.25, 0.3) is 11.8 Å². The lowest BCUT2D eigenvalue weighted by atomic mass is 9.95. The fourth-order valence-corrected chi connectivity index (χ4v) is 5.25. The Hall–Kier alpha value is -3.72. The summed E-state index contributed by atoms with van der Waals surface area (Å²) >= 11 is 0. The summed E-state index contributed by atoms with van der Waals surface area (Å²) in [5, 5.41) is 3.40. The van der Waals surface area contributed by atoms with Crippen molar-refractivity contribution in [3.8, 4) is 0 Å². The van der Waals surface area contributed by atoms with Gasteiger partial charge in [-0.3, -0.25) is 24.0 Å². The maximum Gasteiger partial charge on any atom is 0.272 e. The van der Waals surface area contributed by atoms with Crippen molar-refractivity contribution in [3.05, 3.63) is 54.1 Å². The predicted octanol–water partition coefficient (Wildman–Crippen LogP) is 3.33. The number of primary amides is 1. The second kappa shape index (κ2) is 12.0. The fraction of sp³-hybridized carbons (Fsp3) is 0.467. The van der Waals surface area contributed by atoms with E-state index in [1.807, 2.05) is 70.2 Å². The standard InChI is InChI=1S/C30H38N4O5/c1-19(2)15-24-29(37)32(14-13-26(31)35)18-27-33(24)30(38)25(16-20(3)4)39-34(27)28(36)12-10-21-9-11-22-7-5-6-8-23(22)17-21/h5-12,17,19-20,24-25,27H,13-16,18H2,1-4H3,(H2,31,35)/b12-10+/t24-,25+,27-/m0/s1. The molecule has 2 saturated heterocycles. The smallest absolute Gasteiger partial charge is 0.272 e. The summed E-state index contributed by atoms with van der Waals surface area (Å²) in [4.78, 5) is 61.4. The molecule has 39 heavy (non-hydrogen) atoms. The van der Waals surface area contributed by atoms with Gasteiger partial charge in [-0.05, 0) is 53.2 Å². The monoisotopic (exact) mass is 534 g/mol. The number of rotatable bonds is 9. The van der Waals surface area contributed by atoms with Crippen LogP contribution in [0.1, 0.15) is 52.5 Å². The summed E-state index contributed by atoms with van der Waals surface area (Å²) < 4.78 is 0. The maximum absolute atomic E-state index is 13.7. The Labute approximate surface area is 229 Å². The third-order valence-electron chi connectivity index (χ3n) is 7.10. The van der Waals surface area contributed by atoms with Gasteiger partial charge in [0.2, 0.25) is 11.8 Å². The van der Waals surface area contributed by atoms with E-state index < -0.39 is 30.1 Å². The van der Waals surface area contributed by atoms with Crippen molar-refractivity contribution in [2.45, 2.75) is 65.3 Å². The Balaban J connectivity index is 1.67. The molecule has 208 valence electrons. The first-order valence-corrected chi connectivity index (χ1v) is 13.6. The van der Waals surface area contributed by atoms with Crippen LogP contribution in [0.2, 0.25) is 0 Å². The van der Waals surface area contributed by atoms with Crippen LogP contribution in [0.25, 0.3) is 16.8 Å². The maximum atomic E-state index is 13.7. The van der Waals surface area contributed by atoms with E-state index in [0.29, 0.717) is 12.8 Å². The highest BCUT2D eigenvalue weighted by Crippen LogP contribution is 2.32. The van der Waals surface area contributed by atoms with Crippen molar-refractivity contribution >= 4 is 40.5 Å². The Morgan fingerprint density at radius 2 is 1.69 bits per heavy atom. The topological polar surface area (TPSA) is 113 Å². The number of nitrogens with zero attached hydrogens (tertiary/aromatic N) is 3. The van der Waals surface area contributed by atoms with Crippen molar-refractivity contribution in [2.75, 3.05) is 13.1 Å². The second-order valence-electron chi connectivity index (χ2n) is 11.2. The first-order chi connectivity index (χ1) is 18.5. The zero-order valence-corrected chi connectivity index (χ0v) is 23.1. The largest absolute Gasteiger partial charge is 0.370 e. The average Bonchev–Trinajstić information content (AvgIpc) is 2.88. The molecule has 0 saturated carbocycles. The van der Waals surface area contributed by atoms with Crippen molar-refractivity contribution in [3.63, 3.8) is 0 Å². The zero-order valence-electron chi connectivity index (χ0n) is 23.1. The Kier molecular flexibility index (Phi) is 8.70. The van der Waals surface area contributed by atoms with Gasteiger partial charge in [-0.25, -0.2) is 0 Å². The van der Waals surface area contributed by atoms with E-state index in [0.717, 1.165) is 16.3 Å². The van der Waals surface area contributed by atoms with Crippen molar-refractivity contribution in [1.29, 1.82) is 0 Å². The number of hydrogen-bond acceptors (Lipinski definition) is 5. The summed E-state index contributed by atoms with van der Waals surface area (Å²) in [6.07, 6.45) is 2.30. The molecule has 0 bridgehead atoms. The van der Waals surface area contributed by atoms with Gasteiger partial charge < -0.3 is 15.5 Å². The molecule has 9 heteroatoms. The van der Waals surface area contributed by atoms with Gasteiger partial charge in [-0.15, -0.1) is 0 Å². The van der Waals surface area contributed by atoms with Crippen molar-refractivity contribution in [1.82, 2.24) is 14.9 Å². The Morgan fingerprint density at radius 3 is 2.36 bits per heavy atom. The first-order valence-electron chi connectivity index (χ1n) is 13.6. The van der Waals surface area contributed by atoms with E-state index in [-0.39, 0.29) is 43.2 Å². The molecule has 0 aliphatic carbocycles. The van der Waals surface area contributed by atoms with Crippen LogP contribution in [0.3, 0.4) is 0 Å². The van der Waals surface area contributed by atoms with Crippen LogP contribution in [-0.4, -0.2) is 69.9 Å². The average molecular weight is 535 g/mol. The second-order valence-corrected chi connectivity index (χ2v) is 11.2. The molecule has 9 nitrogen and oxygen atoms in total. The summed E-state index contributed by atoms with van der Waals surface area (Å²) in [5.41, 5.74) is 6.21. The highest BCUT2D eigenvalue weighted by atomic mass is 16.7. The molecule has 0 radical (unpaired) electrons. The van der Waals surface area contributed by atoms with Gasteiger partial charge >= 0.3 is 0 Å². The molecule has 3 atom stereocenters. The third kappa shape index (κ3) is 6.47. The summed E-state index contributed by atoms with van der Waals surface area (Å²) in [6, 6.07) is 13.1. The zero-order chi connectivity index (χ0) is 28.3. The molecule has 2 aliphatic rings. The minimum atomic E-state index is -0.876. The number of carbonyl (C=O) groups excluding carboxylic acids is 4. The number of amides is 4. The van der Waals surface area contributed by atoms with Crippen LogP contribution in [0, 0.1) is 11.8 Å². The molecule has 4 rings (SSSR count). The van der Waals surface area contributed by atoms with Crippen LogP contribution in [0.15, 0.2) is 48.5 Å². The minimum Gasteiger partial charge on any atom is -0.370 e. The number of fused-ring (bicyclic) bond motifs is 2. The summed E-state index contributed by atoms with van der Waals surface area (Å²) in [7, 11) is 0. The highest BCUT2D eigenvalue weighted by molar-refractivity contribution is 5.96. The van der Waals surface area contributed by atoms with E-state index >= 15 is 0 Å². The number of benzene rings is 2. The molecular formula is C30H38N4O5. The lowest BCUT2D eigenvalue weighted by Crippen LogP contribution is -2.73. The fourth-order valence-electron chi connectivity index (χ4n) is 5.25. The molecule has 2 aromatic rings. The van der Waals surface area contributed by atoms with Gasteiger partial charge in [0.1, 0.15) is 6.04 Å². The molecule has 2 N–H and O–H groups in total. The van der Waals surface area contributed by atoms with E-state index in [9.17, 15) is 19.2 Å². The lowest BCUT2D eigenvalue weighted by Gasteiger charge is -2.53. The van der Waals surface area contributed by atoms with Gasteiger partial charge in [0.05, 0.1) is 6.54 Å². The van der Waals surface area contributed by atoms with Crippen LogP contribution in [0.4, 0.5) is 0 Å². The molecule has 2 heterocycles. The summed E-state index contributed by atoms with van der Waals surface area (Å²) in [6.45, 7) is 8.08. The third-order valence-corrected chi connectivity index (χ3v) is 7.10. The Bertz CT molecular complexity index is 1270. The molecular weight excluding hydrogens is 496 g/mol. The normalized spacial score (nSPS) is 21.9. The van der Waals surface area contributed by atoms with E-state index in [4.69, 9.17) is 10.6 Å². The Morgan fingerprint density at radius 1 is 1.00 bits per heavy atom. The van der Waals surface area contributed by atoms with Crippen LogP contribution >= 0.6 is 0 Å². The number of carbonyl (C=O) groups is 4. The molecule has 2 fully saturated rings. The minimum absolute atomic E-state index is 0.00650. The molecule has 0 spiro atoms. The van der Waals surface area contributed by atoms with E-state index in [1.54, 1.807) is 11.0 Å². The number of hydrogen-bond donors (Lipinski definition) is 1.